The number of hydrogen-bond acceptors (Lipinski definition) is 7. The highest BCUT2D eigenvalue weighted by atomic mass is 19.4. The molecule has 0 bridgehead atoms. The van der Waals surface area contributed by atoms with Crippen LogP contribution in [0.3, 0.4) is 0 Å². The Morgan fingerprint density at radius 3 is 2.38 bits per heavy atom. The molecule has 40 heavy (non-hydrogen) atoms. The number of aromatic nitrogens is 2. The number of nitrogens with zero attached hydrogens (tertiary/aromatic N) is 3. The van der Waals surface area contributed by atoms with Gasteiger partial charge in [0.1, 0.15) is 11.6 Å². The number of amides is 2. The average molecular weight is 555 g/mol. The van der Waals surface area contributed by atoms with Gasteiger partial charge in [0.2, 0.25) is 0 Å². The third-order valence-corrected chi connectivity index (χ3v) is 7.16. The van der Waals surface area contributed by atoms with E-state index in [1.165, 1.54) is 36.7 Å². The predicted octanol–water partition coefficient (Wildman–Crippen LogP) is 4.88. The third kappa shape index (κ3) is 6.44. The molecule has 2 amide bonds. The second kappa shape index (κ2) is 11.0. The molecule has 9 nitrogen and oxygen atoms in total. The maximum absolute atomic E-state index is 13.0. The molecule has 210 valence electrons. The molecule has 2 atom stereocenters. The number of primary amides is 1. The van der Waals surface area contributed by atoms with Crippen molar-refractivity contribution in [3.63, 3.8) is 0 Å². The number of hydrogen-bond donors (Lipinski definition) is 3. The molecule has 2 aromatic carbocycles. The normalized spacial score (nSPS) is 19.1. The van der Waals surface area contributed by atoms with E-state index in [1.54, 1.807) is 0 Å². The molecule has 1 aromatic heterocycles. The molecule has 0 spiro atoms. The molecule has 3 aromatic rings. The van der Waals surface area contributed by atoms with Gasteiger partial charge in [0.05, 0.1) is 6.20 Å². The lowest BCUT2D eigenvalue weighted by Gasteiger charge is -2.40. The maximum atomic E-state index is 13.0. The molecule has 0 unspecified atom stereocenters. The molecule has 2 heterocycles. The van der Waals surface area contributed by atoms with Crippen LogP contribution in [0.2, 0.25) is 0 Å². The Morgan fingerprint density at radius 1 is 1.05 bits per heavy atom. The molecule has 4 N–H and O–H groups in total. The Bertz CT molecular complexity index is 1380. The van der Waals surface area contributed by atoms with Crippen molar-refractivity contribution in [1.29, 1.82) is 0 Å². The molecular formula is C28H29F3N6O3. The highest BCUT2D eigenvalue weighted by Gasteiger charge is 2.32. The van der Waals surface area contributed by atoms with E-state index >= 15 is 0 Å². The summed E-state index contributed by atoms with van der Waals surface area (Å²) in [5, 5.41) is 6.06. The smallest absolute Gasteiger partial charge is 0.406 e. The topological polar surface area (TPSA) is 122 Å². The second-order valence-corrected chi connectivity index (χ2v) is 10.0. The van der Waals surface area contributed by atoms with E-state index in [0.717, 1.165) is 25.0 Å². The zero-order valence-corrected chi connectivity index (χ0v) is 21.7. The minimum Gasteiger partial charge on any atom is -0.406 e. The van der Waals surface area contributed by atoms with Crippen LogP contribution in [0.5, 0.6) is 5.75 Å². The largest absolute Gasteiger partial charge is 0.573 e. The maximum Gasteiger partial charge on any atom is 0.573 e. The number of carbonyl (C=O) groups excluding carboxylic acids is 2. The van der Waals surface area contributed by atoms with E-state index in [-0.39, 0.29) is 35.3 Å². The number of anilines is 3. The van der Waals surface area contributed by atoms with Gasteiger partial charge in [0, 0.05) is 29.9 Å². The van der Waals surface area contributed by atoms with Gasteiger partial charge in [0.15, 0.2) is 11.5 Å². The Morgan fingerprint density at radius 2 is 1.75 bits per heavy atom. The summed E-state index contributed by atoms with van der Waals surface area (Å²) >= 11 is 0. The monoisotopic (exact) mass is 554 g/mol. The second-order valence-electron chi connectivity index (χ2n) is 10.0. The molecule has 1 aliphatic heterocycles. The lowest BCUT2D eigenvalue weighted by molar-refractivity contribution is -0.274. The molecule has 1 saturated carbocycles. The summed E-state index contributed by atoms with van der Waals surface area (Å²) in [5.74, 6) is -0.205. The SMILES string of the molecule is C[C@@H]1[C@H](NC(=O)c2ccc(C3CC3)cc2)CCCN1c1cnc(C(N)=O)c(Nc2ccc(OC(F)(F)F)cc2)n1. The van der Waals surface area contributed by atoms with Crippen molar-refractivity contribution in [1.82, 2.24) is 15.3 Å². The molecule has 1 saturated heterocycles. The number of alkyl halides is 3. The molecule has 1 aliphatic carbocycles. The summed E-state index contributed by atoms with van der Waals surface area (Å²) in [6, 6.07) is 12.5. The van der Waals surface area contributed by atoms with Crippen LogP contribution in [0.1, 0.15) is 64.9 Å². The Labute approximate surface area is 228 Å². The van der Waals surface area contributed by atoms with Gasteiger partial charge >= 0.3 is 6.36 Å². The zero-order chi connectivity index (χ0) is 28.4. The van der Waals surface area contributed by atoms with Crippen molar-refractivity contribution in [2.24, 2.45) is 5.73 Å². The molecule has 12 heteroatoms. The summed E-state index contributed by atoms with van der Waals surface area (Å²) in [4.78, 5) is 35.8. The van der Waals surface area contributed by atoms with E-state index in [4.69, 9.17) is 5.73 Å². The van der Waals surface area contributed by atoms with Crippen molar-refractivity contribution in [3.8, 4) is 5.75 Å². The number of carbonyl (C=O) groups is 2. The van der Waals surface area contributed by atoms with Gasteiger partial charge in [-0.1, -0.05) is 12.1 Å². The van der Waals surface area contributed by atoms with Gasteiger partial charge in [0.25, 0.3) is 11.8 Å². The first kappa shape index (κ1) is 27.2. The van der Waals surface area contributed by atoms with Crippen molar-refractivity contribution >= 4 is 29.1 Å². The van der Waals surface area contributed by atoms with Crippen LogP contribution in [-0.2, 0) is 0 Å². The predicted molar refractivity (Wildman–Crippen MR) is 143 cm³/mol. The van der Waals surface area contributed by atoms with Gasteiger partial charge in [-0.3, -0.25) is 9.59 Å². The number of nitrogens with two attached hydrogens (primary N) is 1. The Balaban J connectivity index is 1.30. The molecule has 0 radical (unpaired) electrons. The number of halogens is 3. The summed E-state index contributed by atoms with van der Waals surface area (Å²) in [6.45, 7) is 2.63. The first-order valence-corrected chi connectivity index (χ1v) is 13.0. The highest BCUT2D eigenvalue weighted by Crippen LogP contribution is 2.40. The number of rotatable bonds is 8. The highest BCUT2D eigenvalue weighted by molar-refractivity contribution is 5.96. The van der Waals surface area contributed by atoms with E-state index < -0.39 is 12.3 Å². The van der Waals surface area contributed by atoms with E-state index in [1.807, 2.05) is 36.1 Å². The standard InChI is InChI=1S/C28H29F3N6O3/c1-16-22(35-27(39)19-8-6-18(7-9-19)17-4-5-17)3-2-14-37(16)23-15-33-24(25(32)38)26(36-23)34-20-10-12-21(13-11-20)40-28(29,30)31/h6-13,15-17,22H,2-5,14H2,1H3,(H2,32,38)(H,34,36)(H,35,39)/t16-,22-/m1/s1. The van der Waals surface area contributed by atoms with Gasteiger partial charge in [-0.05, 0) is 80.5 Å². The minimum atomic E-state index is -4.81. The molecule has 5 rings (SSSR count). The fourth-order valence-electron chi connectivity index (χ4n) is 4.90. The van der Waals surface area contributed by atoms with Crippen molar-refractivity contribution in [2.75, 3.05) is 16.8 Å². The molecule has 2 aliphatic rings. The third-order valence-electron chi connectivity index (χ3n) is 7.16. The first-order chi connectivity index (χ1) is 19.1. The van der Waals surface area contributed by atoms with Crippen LogP contribution in [0.4, 0.5) is 30.5 Å². The minimum absolute atomic E-state index is 0.0589. The lowest BCUT2D eigenvalue weighted by Crippen LogP contribution is -2.54. The van der Waals surface area contributed by atoms with E-state index in [2.05, 4.69) is 25.3 Å². The van der Waals surface area contributed by atoms with Crippen LogP contribution >= 0.6 is 0 Å². The van der Waals surface area contributed by atoms with Crippen molar-refractivity contribution < 1.29 is 27.5 Å². The summed E-state index contributed by atoms with van der Waals surface area (Å²) < 4.78 is 41.3. The molecular weight excluding hydrogens is 525 g/mol. The summed E-state index contributed by atoms with van der Waals surface area (Å²) in [6.07, 6.45) is 0.613. The van der Waals surface area contributed by atoms with Crippen LogP contribution in [0.15, 0.2) is 54.7 Å². The summed E-state index contributed by atoms with van der Waals surface area (Å²) in [7, 11) is 0. The van der Waals surface area contributed by atoms with E-state index in [0.29, 0.717) is 29.5 Å². The Kier molecular flexibility index (Phi) is 7.51. The fraction of sp³-hybridized carbons (Fsp3) is 0.357. The number of benzene rings is 2. The Hall–Kier alpha value is -4.35. The summed E-state index contributed by atoms with van der Waals surface area (Å²) in [5.41, 5.74) is 7.60. The quantitative estimate of drug-likeness (QED) is 0.363. The zero-order valence-electron chi connectivity index (χ0n) is 21.7. The lowest BCUT2D eigenvalue weighted by atomic mass is 9.97. The van der Waals surface area contributed by atoms with Crippen molar-refractivity contribution in [2.45, 2.75) is 57.0 Å². The van der Waals surface area contributed by atoms with Crippen LogP contribution in [0, 0.1) is 0 Å². The van der Waals surface area contributed by atoms with Crippen molar-refractivity contribution in [3.05, 3.63) is 71.5 Å². The average Bonchev–Trinajstić information content (AvgIpc) is 3.76. The van der Waals surface area contributed by atoms with Crippen LogP contribution < -0.4 is 26.0 Å². The number of nitrogens with one attached hydrogen (secondary N) is 2. The van der Waals surface area contributed by atoms with Gasteiger partial charge < -0.3 is 26.0 Å². The van der Waals surface area contributed by atoms with Crippen LogP contribution in [0.25, 0.3) is 0 Å². The first-order valence-electron chi connectivity index (χ1n) is 13.0. The number of piperidine rings is 1. The van der Waals surface area contributed by atoms with Gasteiger partial charge in [-0.25, -0.2) is 9.97 Å². The number of ether oxygens (including phenoxy) is 1. The molecule has 2 fully saturated rings. The van der Waals surface area contributed by atoms with E-state index in [9.17, 15) is 22.8 Å². The van der Waals surface area contributed by atoms with Gasteiger partial charge in [-0.15, -0.1) is 13.2 Å². The van der Waals surface area contributed by atoms with Crippen LogP contribution in [-0.4, -0.2) is 46.8 Å². The fourth-order valence-corrected chi connectivity index (χ4v) is 4.90. The van der Waals surface area contributed by atoms with Gasteiger partial charge in [-0.2, -0.15) is 0 Å².